The lowest BCUT2D eigenvalue weighted by Crippen LogP contribution is -2.31. The third kappa shape index (κ3) is 4.84. The van der Waals surface area contributed by atoms with Crippen LogP contribution in [-0.2, 0) is 24.3 Å². The number of hydrogen-bond donors (Lipinski definition) is 2. The highest BCUT2D eigenvalue weighted by atomic mass is 19.1. The summed E-state index contributed by atoms with van der Waals surface area (Å²) in [6.45, 7) is 5.37. The van der Waals surface area contributed by atoms with E-state index in [1.165, 1.54) is 18.5 Å². The molecule has 0 bridgehead atoms. The minimum absolute atomic E-state index is 0.214. The van der Waals surface area contributed by atoms with E-state index in [2.05, 4.69) is 15.7 Å². The zero-order valence-electron chi connectivity index (χ0n) is 19.8. The smallest absolute Gasteiger partial charge is 0.291 e. The maximum Gasteiger partial charge on any atom is 0.291 e. The van der Waals surface area contributed by atoms with E-state index < -0.39 is 5.56 Å². The van der Waals surface area contributed by atoms with Crippen LogP contribution in [-0.4, -0.2) is 26.0 Å². The molecule has 9 heteroatoms. The number of aromatic nitrogens is 3. The van der Waals surface area contributed by atoms with Crippen molar-refractivity contribution in [2.75, 3.05) is 5.32 Å². The van der Waals surface area contributed by atoms with E-state index in [9.17, 15) is 18.8 Å². The van der Waals surface area contributed by atoms with Gasteiger partial charge in [-0.2, -0.15) is 5.10 Å². The summed E-state index contributed by atoms with van der Waals surface area (Å²) in [5.74, 6) is -1.08. The minimum atomic E-state index is -0.468. The summed E-state index contributed by atoms with van der Waals surface area (Å²) < 4.78 is 15.8. The van der Waals surface area contributed by atoms with Gasteiger partial charge in [0, 0.05) is 17.9 Å². The van der Waals surface area contributed by atoms with Crippen molar-refractivity contribution < 1.29 is 14.0 Å². The number of halogens is 1. The number of carbonyl (C=O) groups is 2. The number of nitrogens with zero attached hydrogens (tertiary/aromatic N) is 3. The van der Waals surface area contributed by atoms with Gasteiger partial charge in [0.25, 0.3) is 11.5 Å². The van der Waals surface area contributed by atoms with Crippen LogP contribution in [0, 0.1) is 19.7 Å². The van der Waals surface area contributed by atoms with Crippen molar-refractivity contribution in [3.05, 3.63) is 99.0 Å². The molecule has 0 aliphatic heterocycles. The van der Waals surface area contributed by atoms with Crippen molar-refractivity contribution in [1.82, 2.24) is 19.5 Å². The summed E-state index contributed by atoms with van der Waals surface area (Å²) in [7, 11) is 0. The first-order valence-corrected chi connectivity index (χ1v) is 11.3. The predicted molar refractivity (Wildman–Crippen MR) is 131 cm³/mol. The standard InChI is InChI=1S/C26H26FN5O3/c1-4-19-7-5-6-8-21(19)30-22(33)14-32-26(35)24-16(2)23(17(3)31(24)15-29-32)25(34)28-13-18-9-11-20(27)12-10-18/h5-12,15H,4,13-14H2,1-3H3,(H,28,34)(H,30,33). The largest absolute Gasteiger partial charge is 0.348 e. The van der Waals surface area contributed by atoms with Gasteiger partial charge in [-0.25, -0.2) is 9.07 Å². The number of fused-ring (bicyclic) bond motifs is 1. The topological polar surface area (TPSA) is 97.5 Å². The molecule has 0 aliphatic carbocycles. The van der Waals surface area contributed by atoms with Crippen molar-refractivity contribution >= 4 is 23.0 Å². The molecule has 0 saturated heterocycles. The van der Waals surface area contributed by atoms with E-state index in [4.69, 9.17) is 0 Å². The highest BCUT2D eigenvalue weighted by Crippen LogP contribution is 2.20. The molecule has 2 aromatic carbocycles. The highest BCUT2D eigenvalue weighted by Gasteiger charge is 2.22. The van der Waals surface area contributed by atoms with Crippen molar-refractivity contribution in [3.8, 4) is 0 Å². The Morgan fingerprint density at radius 2 is 1.77 bits per heavy atom. The highest BCUT2D eigenvalue weighted by molar-refractivity contribution is 5.99. The molecular formula is C26H26FN5O3. The molecule has 0 radical (unpaired) electrons. The molecule has 2 aromatic heterocycles. The Labute approximate surface area is 201 Å². The van der Waals surface area contributed by atoms with Crippen LogP contribution in [0.5, 0.6) is 0 Å². The second kappa shape index (κ2) is 9.92. The van der Waals surface area contributed by atoms with E-state index in [0.717, 1.165) is 22.2 Å². The molecule has 2 N–H and O–H groups in total. The molecule has 0 unspecified atom stereocenters. The first-order valence-electron chi connectivity index (χ1n) is 11.3. The Hall–Kier alpha value is -4.27. The number of hydrogen-bond acceptors (Lipinski definition) is 4. The maximum atomic E-state index is 13.2. The Balaban J connectivity index is 1.57. The van der Waals surface area contributed by atoms with Gasteiger partial charge >= 0.3 is 0 Å². The van der Waals surface area contributed by atoms with Crippen LogP contribution < -0.4 is 16.2 Å². The fraction of sp³-hybridized carbons (Fsp3) is 0.231. The minimum Gasteiger partial charge on any atom is -0.348 e. The van der Waals surface area contributed by atoms with Gasteiger partial charge in [-0.05, 0) is 55.2 Å². The van der Waals surface area contributed by atoms with Gasteiger partial charge in [-0.15, -0.1) is 0 Å². The molecule has 35 heavy (non-hydrogen) atoms. The molecule has 4 rings (SSSR count). The van der Waals surface area contributed by atoms with Crippen molar-refractivity contribution in [2.24, 2.45) is 0 Å². The summed E-state index contributed by atoms with van der Waals surface area (Å²) in [6, 6.07) is 13.3. The van der Waals surface area contributed by atoms with Crippen LogP contribution in [0.25, 0.3) is 5.52 Å². The molecule has 0 saturated carbocycles. The zero-order chi connectivity index (χ0) is 25.1. The van der Waals surface area contributed by atoms with Gasteiger partial charge in [0.15, 0.2) is 0 Å². The SMILES string of the molecule is CCc1ccccc1NC(=O)Cn1ncn2c(C)c(C(=O)NCc3ccc(F)cc3)c(C)c2c1=O. The van der Waals surface area contributed by atoms with Gasteiger partial charge in [0.2, 0.25) is 5.91 Å². The van der Waals surface area contributed by atoms with Gasteiger partial charge in [0.1, 0.15) is 24.2 Å². The lowest BCUT2D eigenvalue weighted by molar-refractivity contribution is -0.117. The monoisotopic (exact) mass is 475 g/mol. The first kappa shape index (κ1) is 23.9. The van der Waals surface area contributed by atoms with Crippen LogP contribution in [0.15, 0.2) is 59.7 Å². The number of benzene rings is 2. The number of amides is 2. The molecule has 0 aliphatic rings. The molecule has 0 spiro atoms. The van der Waals surface area contributed by atoms with E-state index in [-0.39, 0.29) is 36.2 Å². The van der Waals surface area contributed by atoms with E-state index in [1.807, 2.05) is 31.2 Å². The fourth-order valence-electron chi connectivity index (χ4n) is 4.15. The third-order valence-electron chi connectivity index (χ3n) is 6.00. The van der Waals surface area contributed by atoms with Gasteiger partial charge in [-0.1, -0.05) is 37.3 Å². The quantitative estimate of drug-likeness (QED) is 0.428. The van der Waals surface area contributed by atoms with E-state index in [0.29, 0.717) is 22.5 Å². The first-order chi connectivity index (χ1) is 16.8. The van der Waals surface area contributed by atoms with Gasteiger partial charge in [0.05, 0.1) is 5.56 Å². The number of aryl methyl sites for hydroxylation is 3. The molecule has 8 nitrogen and oxygen atoms in total. The maximum absolute atomic E-state index is 13.2. The average Bonchev–Trinajstić information content (AvgIpc) is 3.10. The number of anilines is 1. The Bertz CT molecular complexity index is 1470. The number of carbonyl (C=O) groups excluding carboxylic acids is 2. The average molecular weight is 476 g/mol. The van der Waals surface area contributed by atoms with Crippen LogP contribution in [0.3, 0.4) is 0 Å². The van der Waals surface area contributed by atoms with Crippen molar-refractivity contribution in [2.45, 2.75) is 40.3 Å². The third-order valence-corrected chi connectivity index (χ3v) is 6.00. The molecule has 4 aromatic rings. The van der Waals surface area contributed by atoms with Crippen LogP contribution in [0.1, 0.15) is 39.7 Å². The van der Waals surface area contributed by atoms with Gasteiger partial charge < -0.3 is 10.6 Å². The Morgan fingerprint density at radius 1 is 1.06 bits per heavy atom. The fourth-order valence-corrected chi connectivity index (χ4v) is 4.15. The summed E-state index contributed by atoms with van der Waals surface area (Å²) >= 11 is 0. The summed E-state index contributed by atoms with van der Waals surface area (Å²) in [5.41, 5.74) is 3.68. The summed E-state index contributed by atoms with van der Waals surface area (Å²) in [4.78, 5) is 38.8. The molecule has 0 atom stereocenters. The van der Waals surface area contributed by atoms with Crippen LogP contribution >= 0.6 is 0 Å². The lowest BCUT2D eigenvalue weighted by atomic mass is 10.1. The normalized spacial score (nSPS) is 11.0. The van der Waals surface area contributed by atoms with E-state index in [1.54, 1.807) is 30.4 Å². The Kier molecular flexibility index (Phi) is 6.77. The summed E-state index contributed by atoms with van der Waals surface area (Å²) in [5, 5.41) is 9.80. The molecular weight excluding hydrogens is 449 g/mol. The molecule has 0 fully saturated rings. The summed E-state index contributed by atoms with van der Waals surface area (Å²) in [6.07, 6.45) is 2.19. The molecule has 180 valence electrons. The number of para-hydroxylation sites is 1. The van der Waals surface area contributed by atoms with Crippen LogP contribution in [0.2, 0.25) is 0 Å². The number of rotatable bonds is 7. The van der Waals surface area contributed by atoms with Crippen molar-refractivity contribution in [3.63, 3.8) is 0 Å². The number of nitrogens with one attached hydrogen (secondary N) is 2. The van der Waals surface area contributed by atoms with Crippen molar-refractivity contribution in [1.29, 1.82) is 0 Å². The lowest BCUT2D eigenvalue weighted by Gasteiger charge is -2.10. The molecule has 2 amide bonds. The predicted octanol–water partition coefficient (Wildman–Crippen LogP) is 3.38. The van der Waals surface area contributed by atoms with Crippen LogP contribution in [0.4, 0.5) is 10.1 Å². The second-order valence-electron chi connectivity index (χ2n) is 8.27. The molecule has 2 heterocycles. The second-order valence-corrected chi connectivity index (χ2v) is 8.27. The van der Waals surface area contributed by atoms with Gasteiger partial charge in [-0.3, -0.25) is 18.8 Å². The van der Waals surface area contributed by atoms with E-state index >= 15 is 0 Å². The zero-order valence-corrected chi connectivity index (χ0v) is 19.8. The Morgan fingerprint density at radius 3 is 2.49 bits per heavy atom.